The van der Waals surface area contributed by atoms with Gasteiger partial charge in [0, 0.05) is 17.0 Å². The highest BCUT2D eigenvalue weighted by Gasteiger charge is 2.38. The van der Waals surface area contributed by atoms with Gasteiger partial charge in [0.2, 0.25) is 0 Å². The van der Waals surface area contributed by atoms with Crippen LogP contribution in [0.1, 0.15) is 42.5 Å². The van der Waals surface area contributed by atoms with Crippen LogP contribution in [0.5, 0.6) is 0 Å². The third-order valence-electron chi connectivity index (χ3n) is 3.98. The molecule has 1 aliphatic heterocycles. The van der Waals surface area contributed by atoms with Crippen LogP contribution in [0.25, 0.3) is 0 Å². The summed E-state index contributed by atoms with van der Waals surface area (Å²) in [7, 11) is 0. The molecule has 0 aromatic carbocycles. The Morgan fingerprint density at radius 2 is 2.25 bits per heavy atom. The standard InChI is InChI=1S/C13H17NOS/c15-13(10-5-6-16-8-10)12-7-9-3-1-2-4-11(9)14-12/h5-6,8-9,11-12,14H,1-4,7H2. The molecule has 0 amide bonds. The second-order valence-electron chi connectivity index (χ2n) is 4.98. The summed E-state index contributed by atoms with van der Waals surface area (Å²) in [5.41, 5.74) is 0.890. The molecule has 1 saturated carbocycles. The largest absolute Gasteiger partial charge is 0.304 e. The summed E-state index contributed by atoms with van der Waals surface area (Å²) in [5, 5.41) is 7.48. The van der Waals surface area contributed by atoms with Crippen molar-refractivity contribution in [2.75, 3.05) is 0 Å². The minimum atomic E-state index is 0.0858. The number of carbonyl (C=O) groups excluding carboxylic acids is 1. The predicted octanol–water partition coefficient (Wildman–Crippen LogP) is 2.85. The Morgan fingerprint density at radius 3 is 3.00 bits per heavy atom. The molecule has 2 nitrogen and oxygen atoms in total. The van der Waals surface area contributed by atoms with Crippen molar-refractivity contribution >= 4 is 17.1 Å². The van der Waals surface area contributed by atoms with E-state index < -0.39 is 0 Å². The topological polar surface area (TPSA) is 29.1 Å². The minimum absolute atomic E-state index is 0.0858. The molecule has 1 saturated heterocycles. The van der Waals surface area contributed by atoms with Crippen molar-refractivity contribution in [2.24, 2.45) is 5.92 Å². The Balaban J connectivity index is 1.71. The number of hydrogen-bond donors (Lipinski definition) is 1. The molecule has 16 heavy (non-hydrogen) atoms. The van der Waals surface area contributed by atoms with Crippen molar-refractivity contribution in [3.8, 4) is 0 Å². The molecule has 1 aromatic heterocycles. The summed E-state index contributed by atoms with van der Waals surface area (Å²) < 4.78 is 0. The molecule has 86 valence electrons. The normalized spacial score (nSPS) is 33.6. The van der Waals surface area contributed by atoms with Gasteiger partial charge in [-0.05, 0) is 36.6 Å². The van der Waals surface area contributed by atoms with E-state index >= 15 is 0 Å². The number of carbonyl (C=O) groups is 1. The summed E-state index contributed by atoms with van der Waals surface area (Å²) in [6.07, 6.45) is 6.30. The van der Waals surface area contributed by atoms with E-state index in [2.05, 4.69) is 5.32 Å². The Hall–Kier alpha value is -0.670. The summed E-state index contributed by atoms with van der Waals surface area (Å²) >= 11 is 1.60. The zero-order valence-corrected chi connectivity index (χ0v) is 10.1. The first kappa shape index (κ1) is 10.5. The SMILES string of the molecule is O=C(c1ccsc1)C1CC2CCCCC2N1. The molecule has 1 N–H and O–H groups in total. The zero-order valence-electron chi connectivity index (χ0n) is 9.32. The molecule has 0 spiro atoms. The maximum Gasteiger partial charge on any atom is 0.180 e. The number of Topliss-reactive ketones (excluding diaryl/α,β-unsaturated/α-hetero) is 1. The van der Waals surface area contributed by atoms with Gasteiger partial charge < -0.3 is 5.32 Å². The highest BCUT2D eigenvalue weighted by molar-refractivity contribution is 7.08. The molecule has 2 aliphatic rings. The van der Waals surface area contributed by atoms with Crippen LogP contribution in [-0.4, -0.2) is 17.9 Å². The van der Waals surface area contributed by atoms with E-state index in [9.17, 15) is 4.79 Å². The van der Waals surface area contributed by atoms with Crippen LogP contribution in [0.3, 0.4) is 0 Å². The fraction of sp³-hybridized carbons (Fsp3) is 0.615. The van der Waals surface area contributed by atoms with Gasteiger partial charge in [-0.25, -0.2) is 0 Å². The third-order valence-corrected chi connectivity index (χ3v) is 4.67. The van der Waals surface area contributed by atoms with Crippen molar-refractivity contribution in [3.63, 3.8) is 0 Å². The van der Waals surface area contributed by atoms with Crippen LogP contribution in [0, 0.1) is 5.92 Å². The second-order valence-corrected chi connectivity index (χ2v) is 5.76. The summed E-state index contributed by atoms with van der Waals surface area (Å²) in [6.45, 7) is 0. The first-order valence-corrected chi connectivity index (χ1v) is 7.11. The lowest BCUT2D eigenvalue weighted by atomic mass is 9.84. The Labute approximate surface area is 100 Å². The van der Waals surface area contributed by atoms with E-state index in [1.54, 1.807) is 11.3 Å². The number of thiophene rings is 1. The van der Waals surface area contributed by atoms with Crippen LogP contribution in [0.4, 0.5) is 0 Å². The fourth-order valence-electron chi connectivity index (χ4n) is 3.13. The quantitative estimate of drug-likeness (QED) is 0.799. The van der Waals surface area contributed by atoms with E-state index in [1.807, 2.05) is 16.8 Å². The van der Waals surface area contributed by atoms with E-state index in [1.165, 1.54) is 25.7 Å². The van der Waals surface area contributed by atoms with Gasteiger partial charge >= 0.3 is 0 Å². The molecule has 3 heteroatoms. The van der Waals surface area contributed by atoms with Gasteiger partial charge in [-0.15, -0.1) is 0 Å². The monoisotopic (exact) mass is 235 g/mol. The van der Waals surface area contributed by atoms with Crippen molar-refractivity contribution < 1.29 is 4.79 Å². The lowest BCUT2D eigenvalue weighted by molar-refractivity contribution is 0.0949. The number of fused-ring (bicyclic) bond motifs is 1. The molecule has 0 radical (unpaired) electrons. The van der Waals surface area contributed by atoms with Gasteiger partial charge in [-0.2, -0.15) is 11.3 Å². The molecule has 1 aliphatic carbocycles. The second kappa shape index (κ2) is 4.30. The molecule has 3 atom stereocenters. The Morgan fingerprint density at radius 1 is 1.38 bits per heavy atom. The highest BCUT2D eigenvalue weighted by atomic mass is 32.1. The predicted molar refractivity (Wildman–Crippen MR) is 65.9 cm³/mol. The molecule has 0 bridgehead atoms. The van der Waals surface area contributed by atoms with Crippen molar-refractivity contribution in [1.29, 1.82) is 0 Å². The summed E-state index contributed by atoms with van der Waals surface area (Å²) in [6, 6.07) is 2.64. The first-order valence-electron chi connectivity index (χ1n) is 6.17. The molecule has 1 aromatic rings. The summed E-state index contributed by atoms with van der Waals surface area (Å²) in [4.78, 5) is 12.2. The zero-order chi connectivity index (χ0) is 11.0. The molecule has 3 unspecified atom stereocenters. The highest BCUT2D eigenvalue weighted by Crippen LogP contribution is 2.34. The van der Waals surface area contributed by atoms with E-state index in [0.29, 0.717) is 11.8 Å². The van der Waals surface area contributed by atoms with Crippen LogP contribution in [-0.2, 0) is 0 Å². The molecule has 2 fully saturated rings. The third kappa shape index (κ3) is 1.82. The van der Waals surface area contributed by atoms with Gasteiger partial charge in [0.05, 0.1) is 6.04 Å². The van der Waals surface area contributed by atoms with Crippen LogP contribution in [0.15, 0.2) is 16.8 Å². The maximum atomic E-state index is 12.2. The van der Waals surface area contributed by atoms with Gasteiger partial charge in [-0.3, -0.25) is 4.79 Å². The van der Waals surface area contributed by atoms with Crippen molar-refractivity contribution in [1.82, 2.24) is 5.32 Å². The van der Waals surface area contributed by atoms with Crippen LogP contribution < -0.4 is 5.32 Å². The lowest BCUT2D eigenvalue weighted by Crippen LogP contribution is -2.37. The Kier molecular flexibility index (Phi) is 2.82. The van der Waals surface area contributed by atoms with E-state index in [0.717, 1.165) is 17.9 Å². The van der Waals surface area contributed by atoms with Crippen molar-refractivity contribution in [3.05, 3.63) is 22.4 Å². The molecular weight excluding hydrogens is 218 g/mol. The smallest absolute Gasteiger partial charge is 0.180 e. The number of ketones is 1. The van der Waals surface area contributed by atoms with Gasteiger partial charge in [-0.1, -0.05) is 12.8 Å². The number of rotatable bonds is 2. The average molecular weight is 235 g/mol. The average Bonchev–Trinajstić information content (AvgIpc) is 2.97. The minimum Gasteiger partial charge on any atom is -0.304 e. The van der Waals surface area contributed by atoms with Crippen LogP contribution in [0.2, 0.25) is 0 Å². The van der Waals surface area contributed by atoms with Gasteiger partial charge in [0.25, 0.3) is 0 Å². The van der Waals surface area contributed by atoms with E-state index in [4.69, 9.17) is 0 Å². The fourth-order valence-corrected chi connectivity index (χ4v) is 3.77. The van der Waals surface area contributed by atoms with Crippen molar-refractivity contribution in [2.45, 2.75) is 44.2 Å². The maximum absolute atomic E-state index is 12.2. The first-order chi connectivity index (χ1) is 7.84. The lowest BCUT2D eigenvalue weighted by Gasteiger charge is -2.24. The molecular formula is C13H17NOS. The molecule has 2 heterocycles. The number of hydrogen-bond acceptors (Lipinski definition) is 3. The number of nitrogens with one attached hydrogen (secondary N) is 1. The van der Waals surface area contributed by atoms with Crippen LogP contribution >= 0.6 is 11.3 Å². The van der Waals surface area contributed by atoms with Gasteiger partial charge in [0.15, 0.2) is 5.78 Å². The van der Waals surface area contributed by atoms with Gasteiger partial charge in [0.1, 0.15) is 0 Å². The Bertz CT molecular complexity index is 359. The summed E-state index contributed by atoms with van der Waals surface area (Å²) in [5.74, 6) is 1.05. The van der Waals surface area contributed by atoms with E-state index in [-0.39, 0.29) is 6.04 Å². The molecule has 3 rings (SSSR count).